The zero-order chi connectivity index (χ0) is 12.1. The predicted octanol–water partition coefficient (Wildman–Crippen LogP) is 2.34. The van der Waals surface area contributed by atoms with Crippen LogP contribution in [0.2, 0.25) is 0 Å². The van der Waals surface area contributed by atoms with Crippen LogP contribution in [0.3, 0.4) is 0 Å². The first-order valence-electron chi connectivity index (χ1n) is 5.45. The Hall–Kier alpha value is -1.13. The summed E-state index contributed by atoms with van der Waals surface area (Å²) in [5.74, 6) is -2.24. The lowest BCUT2D eigenvalue weighted by Gasteiger charge is -2.22. The van der Waals surface area contributed by atoms with Gasteiger partial charge in [-0.1, -0.05) is 0 Å². The second-order valence-corrected chi connectivity index (χ2v) is 5.43. The van der Waals surface area contributed by atoms with Gasteiger partial charge in [-0.2, -0.15) is 5.10 Å². The van der Waals surface area contributed by atoms with Crippen molar-refractivity contribution in [1.29, 1.82) is 0 Å². The van der Waals surface area contributed by atoms with Crippen LogP contribution >= 0.6 is 0 Å². The lowest BCUT2D eigenvalue weighted by molar-refractivity contribution is -0.0123. The van der Waals surface area contributed by atoms with Crippen LogP contribution in [0.25, 0.3) is 0 Å². The molecule has 1 aromatic rings. The third-order valence-electron chi connectivity index (χ3n) is 2.90. The summed E-state index contributed by atoms with van der Waals surface area (Å²) >= 11 is 0. The van der Waals surface area contributed by atoms with Gasteiger partial charge in [-0.05, 0) is 27.2 Å². The summed E-state index contributed by atoms with van der Waals surface area (Å²) in [7, 11) is 0. The molecule has 1 aromatic heterocycles. The number of hydrogen-bond acceptors (Lipinski definition) is 2. The molecule has 0 radical (unpaired) electrons. The summed E-state index contributed by atoms with van der Waals surface area (Å²) < 4.78 is 28.2. The molecule has 3 nitrogen and oxygen atoms in total. The SMILES string of the molecule is CC(C)(C)n1nc2c(c1N)CC(F)(F)CC2. The van der Waals surface area contributed by atoms with Crippen molar-refractivity contribution >= 4 is 5.82 Å². The normalized spacial score (nSPS) is 19.6. The molecule has 1 heterocycles. The molecule has 0 unspecified atom stereocenters. The Morgan fingerprint density at radius 3 is 2.56 bits per heavy atom. The van der Waals surface area contributed by atoms with Gasteiger partial charge in [0, 0.05) is 18.4 Å². The number of nitrogens with two attached hydrogens (primary N) is 1. The van der Waals surface area contributed by atoms with E-state index < -0.39 is 5.92 Å². The highest BCUT2D eigenvalue weighted by Crippen LogP contribution is 2.36. The highest BCUT2D eigenvalue weighted by atomic mass is 19.3. The van der Waals surface area contributed by atoms with Crippen LogP contribution in [-0.2, 0) is 18.4 Å². The Labute approximate surface area is 93.6 Å². The van der Waals surface area contributed by atoms with Crippen LogP contribution in [0.5, 0.6) is 0 Å². The third kappa shape index (κ3) is 1.79. The van der Waals surface area contributed by atoms with E-state index in [1.807, 2.05) is 20.8 Å². The quantitative estimate of drug-likeness (QED) is 0.742. The van der Waals surface area contributed by atoms with Gasteiger partial charge in [-0.25, -0.2) is 13.5 Å². The Morgan fingerprint density at radius 2 is 2.00 bits per heavy atom. The Balaban J connectivity index is 2.47. The topological polar surface area (TPSA) is 43.8 Å². The van der Waals surface area contributed by atoms with E-state index in [0.29, 0.717) is 17.8 Å². The van der Waals surface area contributed by atoms with Crippen LogP contribution in [0, 0.1) is 0 Å². The number of rotatable bonds is 0. The maximum atomic E-state index is 13.3. The summed E-state index contributed by atoms with van der Waals surface area (Å²) in [4.78, 5) is 0. The number of alkyl halides is 2. The molecule has 0 amide bonds. The number of fused-ring (bicyclic) bond motifs is 1. The fourth-order valence-corrected chi connectivity index (χ4v) is 2.06. The molecule has 16 heavy (non-hydrogen) atoms. The highest BCUT2D eigenvalue weighted by Gasteiger charge is 2.38. The summed E-state index contributed by atoms with van der Waals surface area (Å²) in [6.07, 6.45) is -0.0829. The van der Waals surface area contributed by atoms with E-state index in [4.69, 9.17) is 5.73 Å². The Kier molecular flexibility index (Phi) is 2.26. The molecule has 90 valence electrons. The smallest absolute Gasteiger partial charge is 0.252 e. The number of aromatic nitrogens is 2. The molecule has 0 saturated heterocycles. The minimum absolute atomic E-state index is 0.124. The van der Waals surface area contributed by atoms with Gasteiger partial charge in [0.05, 0.1) is 11.2 Å². The first-order chi connectivity index (χ1) is 7.21. The van der Waals surface area contributed by atoms with E-state index in [1.165, 1.54) is 0 Å². The molecular weight excluding hydrogens is 212 g/mol. The third-order valence-corrected chi connectivity index (χ3v) is 2.90. The van der Waals surface area contributed by atoms with Crippen molar-refractivity contribution in [2.75, 3.05) is 5.73 Å². The number of aryl methyl sites for hydroxylation is 1. The monoisotopic (exact) mass is 229 g/mol. The van der Waals surface area contributed by atoms with E-state index in [0.717, 1.165) is 5.69 Å². The molecule has 0 bridgehead atoms. The fourth-order valence-electron chi connectivity index (χ4n) is 2.06. The van der Waals surface area contributed by atoms with Gasteiger partial charge in [0.1, 0.15) is 5.82 Å². The summed E-state index contributed by atoms with van der Waals surface area (Å²) in [5, 5.41) is 4.35. The van der Waals surface area contributed by atoms with Crippen LogP contribution in [0.15, 0.2) is 0 Å². The van der Waals surface area contributed by atoms with Gasteiger partial charge in [0.2, 0.25) is 0 Å². The number of halogens is 2. The van der Waals surface area contributed by atoms with E-state index >= 15 is 0 Å². The number of nitrogen functional groups attached to an aromatic ring is 1. The average Bonchev–Trinajstić information content (AvgIpc) is 2.41. The summed E-state index contributed by atoms with van der Waals surface area (Å²) in [6.45, 7) is 5.87. The van der Waals surface area contributed by atoms with Crippen molar-refractivity contribution in [2.45, 2.75) is 51.5 Å². The van der Waals surface area contributed by atoms with Gasteiger partial charge >= 0.3 is 0 Å². The minimum Gasteiger partial charge on any atom is -0.384 e. The van der Waals surface area contributed by atoms with E-state index in [9.17, 15) is 8.78 Å². The number of nitrogens with zero attached hydrogens (tertiary/aromatic N) is 2. The highest BCUT2D eigenvalue weighted by molar-refractivity contribution is 5.46. The molecule has 2 N–H and O–H groups in total. The molecule has 0 fully saturated rings. The molecule has 0 atom stereocenters. The molecule has 1 aliphatic rings. The zero-order valence-corrected chi connectivity index (χ0v) is 9.85. The number of hydrogen-bond donors (Lipinski definition) is 1. The van der Waals surface area contributed by atoms with Crippen LogP contribution in [0.1, 0.15) is 38.4 Å². The Morgan fingerprint density at radius 1 is 1.38 bits per heavy atom. The van der Waals surface area contributed by atoms with Gasteiger partial charge in [-0.15, -0.1) is 0 Å². The van der Waals surface area contributed by atoms with Gasteiger partial charge in [0.25, 0.3) is 5.92 Å². The fraction of sp³-hybridized carbons (Fsp3) is 0.727. The summed E-state index contributed by atoms with van der Waals surface area (Å²) in [5.41, 5.74) is 6.90. The second kappa shape index (κ2) is 3.18. The summed E-state index contributed by atoms with van der Waals surface area (Å²) in [6, 6.07) is 0. The molecule has 2 rings (SSSR count). The molecule has 0 aliphatic heterocycles. The first kappa shape index (κ1) is 11.4. The van der Waals surface area contributed by atoms with E-state index in [-0.39, 0.29) is 18.4 Å². The molecule has 0 spiro atoms. The first-order valence-corrected chi connectivity index (χ1v) is 5.45. The van der Waals surface area contributed by atoms with Crippen molar-refractivity contribution < 1.29 is 8.78 Å². The van der Waals surface area contributed by atoms with Crippen molar-refractivity contribution in [3.63, 3.8) is 0 Å². The van der Waals surface area contributed by atoms with Crippen molar-refractivity contribution in [3.8, 4) is 0 Å². The Bertz CT molecular complexity index is 416. The van der Waals surface area contributed by atoms with Gasteiger partial charge < -0.3 is 5.73 Å². The van der Waals surface area contributed by atoms with E-state index in [2.05, 4.69) is 5.10 Å². The van der Waals surface area contributed by atoms with Crippen LogP contribution in [0.4, 0.5) is 14.6 Å². The van der Waals surface area contributed by atoms with Crippen molar-refractivity contribution in [3.05, 3.63) is 11.3 Å². The van der Waals surface area contributed by atoms with Crippen LogP contribution in [-0.4, -0.2) is 15.7 Å². The molecular formula is C11H17F2N3. The minimum atomic E-state index is -2.63. The maximum Gasteiger partial charge on any atom is 0.252 e. The van der Waals surface area contributed by atoms with Crippen molar-refractivity contribution in [2.24, 2.45) is 0 Å². The lowest BCUT2D eigenvalue weighted by atomic mass is 9.94. The predicted molar refractivity (Wildman–Crippen MR) is 58.6 cm³/mol. The molecule has 5 heteroatoms. The molecule has 0 aromatic carbocycles. The average molecular weight is 229 g/mol. The second-order valence-electron chi connectivity index (χ2n) is 5.43. The van der Waals surface area contributed by atoms with Gasteiger partial charge in [-0.3, -0.25) is 0 Å². The molecule has 1 aliphatic carbocycles. The number of anilines is 1. The zero-order valence-electron chi connectivity index (χ0n) is 9.85. The molecule has 0 saturated carbocycles. The van der Waals surface area contributed by atoms with E-state index in [1.54, 1.807) is 4.68 Å². The largest absolute Gasteiger partial charge is 0.384 e. The van der Waals surface area contributed by atoms with Crippen molar-refractivity contribution in [1.82, 2.24) is 9.78 Å². The maximum absolute atomic E-state index is 13.3. The standard InChI is InChI=1S/C11H17F2N3/c1-10(2,3)16-9(14)7-6-11(12,13)5-4-8(7)15-16/h4-6,14H2,1-3H3. The van der Waals surface area contributed by atoms with Crippen LogP contribution < -0.4 is 5.73 Å². The lowest BCUT2D eigenvalue weighted by Crippen LogP contribution is -2.26. The van der Waals surface area contributed by atoms with Gasteiger partial charge in [0.15, 0.2) is 0 Å².